The van der Waals surface area contributed by atoms with Crippen molar-refractivity contribution in [2.24, 2.45) is 0 Å². The number of nitrogens with two attached hydrogens (primary N) is 1. The second-order valence-electron chi connectivity index (χ2n) is 4.43. The highest BCUT2D eigenvalue weighted by Gasteiger charge is 2.20. The molecule has 0 radical (unpaired) electrons. The van der Waals surface area contributed by atoms with E-state index in [2.05, 4.69) is 4.90 Å². The van der Waals surface area contributed by atoms with Gasteiger partial charge in [0.05, 0.1) is 19.8 Å². The number of hydrogen-bond donors (Lipinski definition) is 2. The quantitative estimate of drug-likeness (QED) is 0.748. The number of rotatable bonds is 4. The van der Waals surface area contributed by atoms with Crippen LogP contribution in [0.5, 0.6) is 0 Å². The van der Waals surface area contributed by atoms with Crippen molar-refractivity contribution in [3.8, 4) is 0 Å². The fraction of sp³-hybridized carbons (Fsp3) is 0.538. The molecule has 1 aliphatic rings. The summed E-state index contributed by atoms with van der Waals surface area (Å²) in [7, 11) is 0. The van der Waals surface area contributed by atoms with E-state index >= 15 is 0 Å². The third-order valence-corrected chi connectivity index (χ3v) is 3.22. The Balaban J connectivity index is 1.96. The molecule has 0 aromatic heterocycles. The average Bonchev–Trinajstić information content (AvgIpc) is 2.39. The average molecular weight is 236 g/mol. The number of aliphatic hydroxyl groups excluding tert-OH is 1. The lowest BCUT2D eigenvalue weighted by molar-refractivity contribution is 0.00341. The fourth-order valence-corrected chi connectivity index (χ4v) is 2.18. The van der Waals surface area contributed by atoms with E-state index < -0.39 is 0 Å². The van der Waals surface area contributed by atoms with E-state index in [1.54, 1.807) is 0 Å². The Kier molecular flexibility index (Phi) is 4.36. The van der Waals surface area contributed by atoms with Crippen molar-refractivity contribution in [1.82, 2.24) is 4.90 Å². The third-order valence-electron chi connectivity index (χ3n) is 3.22. The number of morpholine rings is 1. The van der Waals surface area contributed by atoms with Gasteiger partial charge < -0.3 is 15.6 Å². The van der Waals surface area contributed by atoms with Crippen LogP contribution in [0.15, 0.2) is 24.3 Å². The van der Waals surface area contributed by atoms with Crippen LogP contribution in [0.1, 0.15) is 5.56 Å². The summed E-state index contributed by atoms with van der Waals surface area (Å²) in [5.74, 6) is 0. The van der Waals surface area contributed by atoms with Crippen LogP contribution >= 0.6 is 0 Å². The summed E-state index contributed by atoms with van der Waals surface area (Å²) >= 11 is 0. The van der Waals surface area contributed by atoms with Gasteiger partial charge in [-0.05, 0) is 24.1 Å². The summed E-state index contributed by atoms with van der Waals surface area (Å²) in [6.07, 6.45) is 0.858. The first-order valence-electron chi connectivity index (χ1n) is 6.06. The van der Waals surface area contributed by atoms with E-state index in [1.165, 1.54) is 5.56 Å². The fourth-order valence-electron chi connectivity index (χ4n) is 2.18. The lowest BCUT2D eigenvalue weighted by atomic mass is 10.0. The maximum Gasteiger partial charge on any atom is 0.0594 e. The highest BCUT2D eigenvalue weighted by molar-refractivity contribution is 5.39. The van der Waals surface area contributed by atoms with Gasteiger partial charge in [-0.1, -0.05) is 12.1 Å². The Morgan fingerprint density at radius 2 is 1.88 bits per heavy atom. The second-order valence-corrected chi connectivity index (χ2v) is 4.43. The lowest BCUT2D eigenvalue weighted by Crippen LogP contribution is -2.46. The third kappa shape index (κ3) is 3.43. The van der Waals surface area contributed by atoms with Gasteiger partial charge in [0.25, 0.3) is 0 Å². The van der Waals surface area contributed by atoms with Crippen molar-refractivity contribution in [3.05, 3.63) is 29.8 Å². The van der Waals surface area contributed by atoms with E-state index in [0.717, 1.165) is 38.4 Å². The first kappa shape index (κ1) is 12.4. The second kappa shape index (κ2) is 6.00. The molecular formula is C13H20N2O2. The van der Waals surface area contributed by atoms with Crippen LogP contribution in [-0.4, -0.2) is 49.0 Å². The number of aliphatic hydroxyl groups is 1. The zero-order chi connectivity index (χ0) is 12.1. The molecule has 1 heterocycles. The first-order valence-corrected chi connectivity index (χ1v) is 6.06. The molecule has 0 bridgehead atoms. The summed E-state index contributed by atoms with van der Waals surface area (Å²) in [6, 6.07) is 8.05. The summed E-state index contributed by atoms with van der Waals surface area (Å²) in [6.45, 7) is 3.52. The zero-order valence-electron chi connectivity index (χ0n) is 10.0. The van der Waals surface area contributed by atoms with Gasteiger partial charge in [-0.25, -0.2) is 0 Å². The summed E-state index contributed by atoms with van der Waals surface area (Å²) in [5, 5.41) is 9.49. The Bertz CT molecular complexity index is 334. The minimum absolute atomic E-state index is 0.183. The number of anilines is 1. The van der Waals surface area contributed by atoms with Gasteiger partial charge >= 0.3 is 0 Å². The van der Waals surface area contributed by atoms with Crippen molar-refractivity contribution in [2.45, 2.75) is 12.5 Å². The number of ether oxygens (including phenoxy) is 1. The van der Waals surface area contributed by atoms with Gasteiger partial charge in [-0.15, -0.1) is 0 Å². The topological polar surface area (TPSA) is 58.7 Å². The van der Waals surface area contributed by atoms with Crippen LogP contribution < -0.4 is 5.73 Å². The van der Waals surface area contributed by atoms with E-state index in [0.29, 0.717) is 0 Å². The van der Waals surface area contributed by atoms with Crippen molar-refractivity contribution < 1.29 is 9.84 Å². The molecule has 1 fully saturated rings. The Labute approximate surface area is 102 Å². The number of benzene rings is 1. The molecule has 1 atom stereocenters. The number of hydrogen-bond acceptors (Lipinski definition) is 4. The lowest BCUT2D eigenvalue weighted by Gasteiger charge is -2.33. The Morgan fingerprint density at radius 1 is 1.24 bits per heavy atom. The number of nitrogens with zero attached hydrogens (tertiary/aromatic N) is 1. The smallest absolute Gasteiger partial charge is 0.0594 e. The molecule has 2 rings (SSSR count). The highest BCUT2D eigenvalue weighted by Crippen LogP contribution is 2.12. The van der Waals surface area contributed by atoms with Crippen LogP contribution in [0.4, 0.5) is 5.69 Å². The molecule has 1 unspecified atom stereocenters. The summed E-state index contributed by atoms with van der Waals surface area (Å²) < 4.78 is 5.32. The molecule has 4 heteroatoms. The van der Waals surface area contributed by atoms with Gasteiger partial charge in [0.2, 0.25) is 0 Å². The molecule has 1 aromatic rings. The first-order chi connectivity index (χ1) is 8.29. The van der Waals surface area contributed by atoms with Crippen LogP contribution in [-0.2, 0) is 11.2 Å². The SMILES string of the molecule is Nc1ccc(CC(CO)N2CCOCC2)cc1. The van der Waals surface area contributed by atoms with Gasteiger partial charge in [-0.3, -0.25) is 4.90 Å². The minimum atomic E-state index is 0.183. The normalized spacial score (nSPS) is 19.1. The van der Waals surface area contributed by atoms with E-state index in [1.807, 2.05) is 24.3 Å². The summed E-state index contributed by atoms with van der Waals surface area (Å²) in [4.78, 5) is 2.29. The number of nitrogen functional groups attached to an aromatic ring is 1. The van der Waals surface area contributed by atoms with Crippen molar-refractivity contribution in [1.29, 1.82) is 0 Å². The van der Waals surface area contributed by atoms with E-state index in [9.17, 15) is 5.11 Å². The molecule has 1 aliphatic heterocycles. The maximum atomic E-state index is 9.49. The monoisotopic (exact) mass is 236 g/mol. The predicted octanol–water partition coefficient (Wildman–Crippen LogP) is 0.504. The van der Waals surface area contributed by atoms with Crippen molar-refractivity contribution in [3.63, 3.8) is 0 Å². The Hall–Kier alpha value is -1.10. The minimum Gasteiger partial charge on any atom is -0.399 e. The summed E-state index contributed by atoms with van der Waals surface area (Å²) in [5.41, 5.74) is 7.65. The molecule has 0 amide bonds. The maximum absolute atomic E-state index is 9.49. The largest absolute Gasteiger partial charge is 0.399 e. The van der Waals surface area contributed by atoms with Crippen LogP contribution in [0, 0.1) is 0 Å². The molecule has 0 spiro atoms. The zero-order valence-corrected chi connectivity index (χ0v) is 10.0. The highest BCUT2D eigenvalue weighted by atomic mass is 16.5. The van der Waals surface area contributed by atoms with E-state index in [-0.39, 0.29) is 12.6 Å². The molecule has 17 heavy (non-hydrogen) atoms. The van der Waals surface area contributed by atoms with Crippen LogP contribution in [0.2, 0.25) is 0 Å². The van der Waals surface area contributed by atoms with Crippen LogP contribution in [0.25, 0.3) is 0 Å². The van der Waals surface area contributed by atoms with E-state index in [4.69, 9.17) is 10.5 Å². The van der Waals surface area contributed by atoms with Crippen molar-refractivity contribution in [2.75, 3.05) is 38.6 Å². The molecule has 94 valence electrons. The molecule has 1 saturated heterocycles. The molecule has 3 N–H and O–H groups in total. The van der Waals surface area contributed by atoms with Gasteiger partial charge in [0.15, 0.2) is 0 Å². The van der Waals surface area contributed by atoms with Gasteiger partial charge in [0.1, 0.15) is 0 Å². The molecule has 1 aromatic carbocycles. The molecular weight excluding hydrogens is 216 g/mol. The van der Waals surface area contributed by atoms with Gasteiger partial charge in [-0.2, -0.15) is 0 Å². The van der Waals surface area contributed by atoms with Crippen LogP contribution in [0.3, 0.4) is 0 Å². The molecule has 0 aliphatic carbocycles. The standard InChI is InChI=1S/C13H20N2O2/c14-12-3-1-11(2-4-12)9-13(10-16)15-5-7-17-8-6-15/h1-4,13,16H,5-10,14H2. The predicted molar refractivity (Wildman–Crippen MR) is 67.8 cm³/mol. The molecule has 4 nitrogen and oxygen atoms in total. The Morgan fingerprint density at radius 3 is 2.47 bits per heavy atom. The van der Waals surface area contributed by atoms with Gasteiger partial charge in [0, 0.05) is 24.8 Å². The van der Waals surface area contributed by atoms with Crippen molar-refractivity contribution >= 4 is 5.69 Å². The molecule has 0 saturated carbocycles.